The maximum absolute atomic E-state index is 8.36. The van der Waals surface area contributed by atoms with Crippen LogP contribution in [0.15, 0.2) is 30.3 Å². The van der Waals surface area contributed by atoms with Crippen molar-refractivity contribution in [3.8, 4) is 0 Å². The third-order valence-corrected chi connectivity index (χ3v) is 7.56. The molecule has 1 unspecified atom stereocenters. The molecule has 0 aromatic heterocycles. The Labute approximate surface area is 208 Å². The van der Waals surface area contributed by atoms with Crippen LogP contribution in [0.2, 0.25) is 0 Å². The predicted octanol–water partition coefficient (Wildman–Crippen LogP) is 0.862. The molecule has 10 radical (unpaired) electrons. The molecular formula is C23H27B5O2S2. The quantitative estimate of drug-likeness (QED) is 0.294. The van der Waals surface area contributed by atoms with Crippen LogP contribution in [0.25, 0.3) is 0 Å². The zero-order valence-electron chi connectivity index (χ0n) is 18.8. The molecule has 1 atom stereocenters. The van der Waals surface area contributed by atoms with E-state index < -0.39 is 0 Å². The molecule has 2 rings (SSSR count). The molecule has 158 valence electrons. The van der Waals surface area contributed by atoms with Gasteiger partial charge in [-0.25, -0.2) is 0 Å². The van der Waals surface area contributed by atoms with Gasteiger partial charge in [0.25, 0.3) is 6.47 Å². The number of hydrogen-bond acceptors (Lipinski definition) is 3. The Bertz CT molecular complexity index is 793. The second kappa shape index (κ2) is 16.5. The number of carboxylic acid groups (broad SMARTS) is 1. The van der Waals surface area contributed by atoms with E-state index in [1.54, 1.807) is 0 Å². The van der Waals surface area contributed by atoms with E-state index in [9.17, 15) is 0 Å². The van der Waals surface area contributed by atoms with E-state index in [0.29, 0.717) is 32.9 Å². The van der Waals surface area contributed by atoms with Crippen LogP contribution in [0.3, 0.4) is 0 Å². The van der Waals surface area contributed by atoms with Crippen molar-refractivity contribution in [2.75, 3.05) is 5.75 Å². The Morgan fingerprint density at radius 2 is 1.44 bits per heavy atom. The molecule has 0 aliphatic heterocycles. The van der Waals surface area contributed by atoms with Gasteiger partial charge < -0.3 is 5.11 Å². The van der Waals surface area contributed by atoms with Crippen molar-refractivity contribution < 1.29 is 9.90 Å². The minimum atomic E-state index is -0.250. The smallest absolute Gasteiger partial charge is 0.290 e. The van der Waals surface area contributed by atoms with Crippen LogP contribution >= 0.6 is 23.5 Å². The van der Waals surface area contributed by atoms with Crippen LogP contribution in [0.4, 0.5) is 0 Å². The fourth-order valence-electron chi connectivity index (χ4n) is 3.17. The van der Waals surface area contributed by atoms with Crippen molar-refractivity contribution in [2.45, 2.75) is 55.8 Å². The number of carbonyl (C=O) groups is 1. The van der Waals surface area contributed by atoms with Crippen molar-refractivity contribution >= 4 is 96.5 Å². The van der Waals surface area contributed by atoms with Crippen LogP contribution in [-0.2, 0) is 16.3 Å². The summed E-state index contributed by atoms with van der Waals surface area (Å²) in [6.45, 7) is 1.99. The van der Waals surface area contributed by atoms with Gasteiger partial charge in [0.1, 0.15) is 39.2 Å². The average molecular weight is 454 g/mol. The van der Waals surface area contributed by atoms with Crippen LogP contribution in [0, 0.1) is 0 Å². The molecule has 2 aromatic rings. The number of thioether (sulfide) groups is 2. The zero-order chi connectivity index (χ0) is 23.9. The van der Waals surface area contributed by atoms with Gasteiger partial charge in [-0.2, -0.15) is 23.5 Å². The summed E-state index contributed by atoms with van der Waals surface area (Å²) >= 11 is 3.89. The molecule has 2 nitrogen and oxygen atoms in total. The topological polar surface area (TPSA) is 37.3 Å². The number of benzene rings is 2. The van der Waals surface area contributed by atoms with E-state index in [0.717, 1.165) is 23.5 Å². The minimum absolute atomic E-state index is 0.250. The summed E-state index contributed by atoms with van der Waals surface area (Å²) in [4.78, 5) is 8.36. The van der Waals surface area contributed by atoms with E-state index >= 15 is 0 Å². The highest BCUT2D eigenvalue weighted by Gasteiger charge is 2.14. The van der Waals surface area contributed by atoms with Crippen molar-refractivity contribution in [3.05, 3.63) is 41.5 Å². The first-order valence-corrected chi connectivity index (χ1v) is 12.9. The van der Waals surface area contributed by atoms with E-state index in [2.05, 4.69) is 37.3 Å². The molecule has 0 heterocycles. The molecule has 1 N–H and O–H groups in total. The Kier molecular flexibility index (Phi) is 15.0. The van der Waals surface area contributed by atoms with Crippen LogP contribution < -0.4 is 27.3 Å². The van der Waals surface area contributed by atoms with E-state index in [1.165, 1.54) is 31.2 Å². The second-order valence-electron chi connectivity index (χ2n) is 7.41. The van der Waals surface area contributed by atoms with Crippen LogP contribution in [0.1, 0.15) is 50.2 Å². The Morgan fingerprint density at radius 3 is 2.00 bits per heavy atom. The molecule has 2 aromatic carbocycles. The van der Waals surface area contributed by atoms with Gasteiger partial charge in [-0.15, -0.1) is 27.3 Å². The lowest BCUT2D eigenvalue weighted by atomic mass is 9.61. The van der Waals surface area contributed by atoms with Gasteiger partial charge in [0, 0.05) is 16.8 Å². The molecule has 9 heteroatoms. The fraction of sp³-hybridized carbons (Fsp3) is 0.435. The van der Waals surface area contributed by atoms with Gasteiger partial charge in [0.2, 0.25) is 0 Å². The molecule has 32 heavy (non-hydrogen) atoms. The third kappa shape index (κ3) is 9.83. The molecule has 0 saturated carbocycles. The van der Waals surface area contributed by atoms with E-state index in [1.807, 2.05) is 23.5 Å². The first kappa shape index (κ1) is 29.0. The molecule has 0 fully saturated rings. The number of hydrogen-bond donors (Lipinski definition) is 1. The van der Waals surface area contributed by atoms with Gasteiger partial charge >= 0.3 is 0 Å². The van der Waals surface area contributed by atoms with E-state index in [4.69, 9.17) is 49.1 Å². The standard InChI is InChI=1S/C22H25B5S2.CH2O2/c1-2-3-5-10-16(11-12-28-13-15-8-6-4-7-9-15)29-14-17-18(23)20(25)22(27)21(26)19(17)24;2-1-3/h4,6-9,16H,2-3,5,10-14H2,1H3;1H,(H,2,3). The molecule has 0 spiro atoms. The monoisotopic (exact) mass is 454 g/mol. The van der Waals surface area contributed by atoms with E-state index in [-0.39, 0.29) is 11.9 Å². The van der Waals surface area contributed by atoms with Crippen LogP contribution in [-0.4, -0.2) is 61.8 Å². The first-order valence-electron chi connectivity index (χ1n) is 10.7. The lowest BCUT2D eigenvalue weighted by Gasteiger charge is -2.23. The van der Waals surface area contributed by atoms with Crippen molar-refractivity contribution in [3.63, 3.8) is 0 Å². The van der Waals surface area contributed by atoms with Gasteiger partial charge in [0.15, 0.2) is 0 Å². The van der Waals surface area contributed by atoms with Gasteiger partial charge in [-0.3, -0.25) is 4.79 Å². The molecule has 0 bridgehead atoms. The lowest BCUT2D eigenvalue weighted by molar-refractivity contribution is -0.122. The highest BCUT2D eigenvalue weighted by atomic mass is 32.2. The largest absolute Gasteiger partial charge is 0.483 e. The second-order valence-corrected chi connectivity index (χ2v) is 9.80. The summed E-state index contributed by atoms with van der Waals surface area (Å²) in [5.41, 5.74) is 4.09. The molecule has 0 saturated heterocycles. The van der Waals surface area contributed by atoms with Crippen LogP contribution in [0.5, 0.6) is 0 Å². The maximum Gasteiger partial charge on any atom is 0.290 e. The van der Waals surface area contributed by atoms with Crippen molar-refractivity contribution in [2.24, 2.45) is 0 Å². The number of rotatable bonds is 12. The minimum Gasteiger partial charge on any atom is -0.483 e. The molecular weight excluding hydrogens is 426 g/mol. The van der Waals surface area contributed by atoms with Gasteiger partial charge in [-0.05, 0) is 24.2 Å². The number of unbranched alkanes of at least 4 members (excludes halogenated alkanes) is 2. The molecule has 0 amide bonds. The fourth-order valence-corrected chi connectivity index (χ4v) is 5.68. The molecule has 0 aliphatic carbocycles. The summed E-state index contributed by atoms with van der Waals surface area (Å²) in [5.74, 6) is 2.89. The average Bonchev–Trinajstić information content (AvgIpc) is 2.80. The lowest BCUT2D eigenvalue weighted by Crippen LogP contribution is -2.56. The van der Waals surface area contributed by atoms with Gasteiger partial charge in [0.05, 0.1) is 0 Å². The summed E-state index contributed by atoms with van der Waals surface area (Å²) in [6.07, 6.45) is 6.09. The molecule has 0 aliphatic rings. The summed E-state index contributed by atoms with van der Waals surface area (Å²) in [5, 5.41) is 7.45. The normalized spacial score (nSPS) is 11.4. The first-order chi connectivity index (χ1) is 15.4. The summed E-state index contributed by atoms with van der Waals surface area (Å²) in [7, 11) is 30.3. The Hall–Kier alpha value is -1.07. The Morgan fingerprint density at radius 1 is 0.875 bits per heavy atom. The van der Waals surface area contributed by atoms with Crippen molar-refractivity contribution in [1.82, 2.24) is 0 Å². The predicted molar refractivity (Wildman–Crippen MR) is 149 cm³/mol. The summed E-state index contributed by atoms with van der Waals surface area (Å²) in [6, 6.07) is 10.6. The zero-order valence-corrected chi connectivity index (χ0v) is 20.4. The SMILES string of the molecule is O=CO.[B]c1c([B])c([B])c(CSC(CCCCC)CCSCc2ccccc2)c([B])c1[B]. The summed E-state index contributed by atoms with van der Waals surface area (Å²) < 4.78 is 0. The third-order valence-electron chi connectivity index (χ3n) is 5.10. The van der Waals surface area contributed by atoms with Gasteiger partial charge in [-0.1, -0.05) is 62.1 Å². The highest BCUT2D eigenvalue weighted by Crippen LogP contribution is 2.26. The Balaban J connectivity index is 0.00000161. The maximum atomic E-state index is 8.36. The highest BCUT2D eigenvalue weighted by molar-refractivity contribution is 7.99. The van der Waals surface area contributed by atoms with Crippen molar-refractivity contribution in [1.29, 1.82) is 0 Å².